The summed E-state index contributed by atoms with van der Waals surface area (Å²) in [7, 11) is 0. The van der Waals surface area contributed by atoms with Gasteiger partial charge in [0, 0.05) is 36.9 Å². The molecule has 5 heterocycles. The van der Waals surface area contributed by atoms with E-state index in [-0.39, 0.29) is 11.8 Å². The molecule has 0 bridgehead atoms. The molecule has 0 unspecified atom stereocenters. The fourth-order valence-electron chi connectivity index (χ4n) is 4.74. The van der Waals surface area contributed by atoms with Crippen molar-refractivity contribution < 1.29 is 9.59 Å². The van der Waals surface area contributed by atoms with E-state index in [1.165, 1.54) is 36.2 Å². The number of amides is 2. The lowest BCUT2D eigenvalue weighted by molar-refractivity contribution is -0.122. The quantitative estimate of drug-likeness (QED) is 0.562. The summed E-state index contributed by atoms with van der Waals surface area (Å²) in [6.45, 7) is 6.10. The van der Waals surface area contributed by atoms with Gasteiger partial charge in [0.05, 0.1) is 11.4 Å². The van der Waals surface area contributed by atoms with Gasteiger partial charge in [-0.05, 0) is 67.4 Å². The molecule has 9 heteroatoms. The molecule has 3 aromatic rings. The number of aryl methyl sites for hydroxylation is 1. The Morgan fingerprint density at radius 3 is 2.79 bits per heavy atom. The standard InChI is InChI=1S/C25H29N5O2S2/c1-17-20(13-27-23(31)15-29-8-3-2-4-9-29)19-7-10-30(14-18(19)12-26-17)25(32)21-16-34-24(28-21)22-6-5-11-33-22/h5-6,11-12,16H,2-4,7-10,13-15H2,1H3,(H,27,31). The lowest BCUT2D eigenvalue weighted by Crippen LogP contribution is -2.40. The molecule has 0 saturated carbocycles. The number of carbonyl (C=O) groups is 2. The zero-order valence-corrected chi connectivity index (χ0v) is 21.0. The van der Waals surface area contributed by atoms with Gasteiger partial charge >= 0.3 is 0 Å². The summed E-state index contributed by atoms with van der Waals surface area (Å²) in [5.74, 6) is 0.0262. The highest BCUT2D eigenvalue weighted by atomic mass is 32.1. The zero-order chi connectivity index (χ0) is 23.5. The number of carbonyl (C=O) groups excluding carboxylic acids is 2. The fraction of sp³-hybridized carbons (Fsp3) is 0.440. The average molecular weight is 496 g/mol. The summed E-state index contributed by atoms with van der Waals surface area (Å²) < 4.78 is 0. The van der Waals surface area contributed by atoms with Crippen LogP contribution in [0.3, 0.4) is 0 Å². The molecule has 0 aliphatic carbocycles. The second kappa shape index (κ2) is 10.3. The van der Waals surface area contributed by atoms with Gasteiger partial charge in [0.1, 0.15) is 10.7 Å². The van der Waals surface area contributed by atoms with Crippen molar-refractivity contribution in [3.8, 4) is 9.88 Å². The molecule has 34 heavy (non-hydrogen) atoms. The topological polar surface area (TPSA) is 78.4 Å². The first-order valence-electron chi connectivity index (χ1n) is 11.8. The van der Waals surface area contributed by atoms with E-state index in [0.717, 1.165) is 46.2 Å². The first-order chi connectivity index (χ1) is 16.6. The first kappa shape index (κ1) is 23.1. The van der Waals surface area contributed by atoms with Gasteiger partial charge in [-0.3, -0.25) is 19.5 Å². The van der Waals surface area contributed by atoms with Crippen LogP contribution >= 0.6 is 22.7 Å². The SMILES string of the molecule is Cc1ncc2c(c1CNC(=O)CN1CCCCC1)CCN(C(=O)c1csc(-c3cccs3)n1)C2. The molecule has 2 amide bonds. The number of thiazole rings is 1. The molecule has 178 valence electrons. The van der Waals surface area contributed by atoms with Crippen LogP contribution < -0.4 is 5.32 Å². The molecular weight excluding hydrogens is 466 g/mol. The molecular formula is C25H29N5O2S2. The molecule has 2 aliphatic heterocycles. The van der Waals surface area contributed by atoms with E-state index < -0.39 is 0 Å². The molecule has 1 N–H and O–H groups in total. The molecule has 1 fully saturated rings. The molecule has 0 radical (unpaired) electrons. The van der Waals surface area contributed by atoms with Crippen LogP contribution in [0.4, 0.5) is 0 Å². The average Bonchev–Trinajstić information content (AvgIpc) is 3.56. The smallest absolute Gasteiger partial charge is 0.273 e. The van der Waals surface area contributed by atoms with Crippen LogP contribution in [0.15, 0.2) is 29.1 Å². The first-order valence-corrected chi connectivity index (χ1v) is 13.6. The van der Waals surface area contributed by atoms with Gasteiger partial charge < -0.3 is 10.2 Å². The van der Waals surface area contributed by atoms with Gasteiger partial charge in [0.2, 0.25) is 5.91 Å². The van der Waals surface area contributed by atoms with Crippen molar-refractivity contribution >= 4 is 34.5 Å². The summed E-state index contributed by atoms with van der Waals surface area (Å²) in [5.41, 5.74) is 4.80. The number of nitrogens with zero attached hydrogens (tertiary/aromatic N) is 4. The third-order valence-electron chi connectivity index (χ3n) is 6.62. The van der Waals surface area contributed by atoms with Gasteiger partial charge in [0.25, 0.3) is 5.91 Å². The number of piperidine rings is 1. The molecule has 0 spiro atoms. The number of nitrogens with one attached hydrogen (secondary N) is 1. The lowest BCUT2D eigenvalue weighted by Gasteiger charge is -2.30. The van der Waals surface area contributed by atoms with Crippen LogP contribution in [-0.2, 0) is 24.3 Å². The van der Waals surface area contributed by atoms with Crippen LogP contribution in [0.5, 0.6) is 0 Å². The predicted molar refractivity (Wildman–Crippen MR) is 135 cm³/mol. The van der Waals surface area contributed by atoms with Crippen LogP contribution in [0.25, 0.3) is 9.88 Å². The Morgan fingerprint density at radius 2 is 2.00 bits per heavy atom. The van der Waals surface area contributed by atoms with Crippen LogP contribution in [-0.4, -0.2) is 57.8 Å². The van der Waals surface area contributed by atoms with Crippen molar-refractivity contribution in [1.82, 2.24) is 25.1 Å². The van der Waals surface area contributed by atoms with E-state index in [9.17, 15) is 9.59 Å². The number of likely N-dealkylation sites (tertiary alicyclic amines) is 1. The molecule has 0 aromatic carbocycles. The van der Waals surface area contributed by atoms with E-state index in [4.69, 9.17) is 0 Å². The third kappa shape index (κ3) is 5.06. The van der Waals surface area contributed by atoms with Gasteiger partial charge in [-0.1, -0.05) is 12.5 Å². The lowest BCUT2D eigenvalue weighted by atomic mass is 9.94. The monoisotopic (exact) mass is 495 g/mol. The minimum absolute atomic E-state index is 0.0401. The molecule has 1 saturated heterocycles. The number of rotatable bonds is 6. The van der Waals surface area contributed by atoms with Crippen molar-refractivity contribution in [2.24, 2.45) is 0 Å². The van der Waals surface area contributed by atoms with Gasteiger partial charge in [-0.25, -0.2) is 4.98 Å². The third-order valence-corrected chi connectivity index (χ3v) is 8.50. The molecule has 0 atom stereocenters. The number of hydrogen-bond acceptors (Lipinski definition) is 7. The number of hydrogen-bond donors (Lipinski definition) is 1. The minimum Gasteiger partial charge on any atom is -0.351 e. The van der Waals surface area contributed by atoms with Crippen molar-refractivity contribution in [1.29, 1.82) is 0 Å². The fourth-order valence-corrected chi connectivity index (χ4v) is 6.35. The molecule has 5 rings (SSSR count). The largest absolute Gasteiger partial charge is 0.351 e. The van der Waals surface area contributed by atoms with Crippen LogP contribution in [0.1, 0.15) is 52.1 Å². The van der Waals surface area contributed by atoms with E-state index in [2.05, 4.69) is 20.2 Å². The van der Waals surface area contributed by atoms with Crippen molar-refractivity contribution in [3.05, 3.63) is 57.2 Å². The number of pyridine rings is 1. The Balaban J connectivity index is 1.24. The Morgan fingerprint density at radius 1 is 1.15 bits per heavy atom. The number of thiophene rings is 1. The van der Waals surface area contributed by atoms with Gasteiger partial charge in [0.15, 0.2) is 0 Å². The summed E-state index contributed by atoms with van der Waals surface area (Å²) in [6.07, 6.45) is 6.24. The van der Waals surface area contributed by atoms with Crippen LogP contribution in [0, 0.1) is 6.92 Å². The number of fused-ring (bicyclic) bond motifs is 1. The van der Waals surface area contributed by atoms with Crippen LogP contribution in [0.2, 0.25) is 0 Å². The second-order valence-corrected chi connectivity index (χ2v) is 10.7. The minimum atomic E-state index is -0.0401. The van der Waals surface area contributed by atoms with Crippen molar-refractivity contribution in [2.75, 3.05) is 26.2 Å². The maximum Gasteiger partial charge on any atom is 0.273 e. The summed E-state index contributed by atoms with van der Waals surface area (Å²) in [5, 5.41) is 7.86. The highest BCUT2D eigenvalue weighted by Crippen LogP contribution is 2.29. The summed E-state index contributed by atoms with van der Waals surface area (Å²) >= 11 is 3.14. The highest BCUT2D eigenvalue weighted by molar-refractivity contribution is 7.20. The molecule has 2 aliphatic rings. The summed E-state index contributed by atoms with van der Waals surface area (Å²) in [4.78, 5) is 40.0. The van der Waals surface area contributed by atoms with E-state index in [1.807, 2.05) is 40.9 Å². The van der Waals surface area contributed by atoms with Gasteiger partial charge in [-0.2, -0.15) is 0 Å². The van der Waals surface area contributed by atoms with Crippen molar-refractivity contribution in [3.63, 3.8) is 0 Å². The second-order valence-electron chi connectivity index (χ2n) is 8.93. The Bertz CT molecular complexity index is 1170. The van der Waals surface area contributed by atoms with E-state index >= 15 is 0 Å². The Hall–Kier alpha value is -2.62. The zero-order valence-electron chi connectivity index (χ0n) is 19.4. The highest BCUT2D eigenvalue weighted by Gasteiger charge is 2.26. The molecule has 7 nitrogen and oxygen atoms in total. The number of aromatic nitrogens is 2. The Kier molecular flexibility index (Phi) is 7.03. The normalized spacial score (nSPS) is 16.3. The van der Waals surface area contributed by atoms with Crippen molar-refractivity contribution in [2.45, 2.75) is 45.7 Å². The maximum atomic E-state index is 13.1. The van der Waals surface area contributed by atoms with Gasteiger partial charge in [-0.15, -0.1) is 22.7 Å². The maximum absolute atomic E-state index is 13.1. The van der Waals surface area contributed by atoms with E-state index in [1.54, 1.807) is 11.3 Å². The van der Waals surface area contributed by atoms with E-state index in [0.29, 0.717) is 31.9 Å². The Labute approximate surface area is 207 Å². The predicted octanol–water partition coefficient (Wildman–Crippen LogP) is 3.88. The summed E-state index contributed by atoms with van der Waals surface area (Å²) in [6, 6.07) is 4.02. The molecule has 3 aromatic heterocycles.